The maximum atomic E-state index is 6.04. The molecule has 17 heavy (non-hydrogen) atoms. The van der Waals surface area contributed by atoms with Gasteiger partial charge in [0.15, 0.2) is 0 Å². The number of nitrogens with zero attached hydrogens (tertiary/aromatic N) is 2. The van der Waals surface area contributed by atoms with E-state index in [4.69, 9.17) is 17.3 Å². The monoisotopic (exact) mass is 245 g/mol. The van der Waals surface area contributed by atoms with Crippen LogP contribution >= 0.6 is 11.6 Å². The molecule has 1 aromatic carbocycles. The summed E-state index contributed by atoms with van der Waals surface area (Å²) in [5, 5.41) is 1.88. The van der Waals surface area contributed by atoms with Gasteiger partial charge in [0, 0.05) is 17.0 Å². The van der Waals surface area contributed by atoms with Gasteiger partial charge in [-0.15, -0.1) is 0 Å². The predicted octanol–water partition coefficient (Wildman–Crippen LogP) is 2.91. The normalized spacial score (nSPS) is 11.5. The molecule has 0 saturated carbocycles. The molecule has 0 amide bonds. The van der Waals surface area contributed by atoms with Crippen LogP contribution in [0.15, 0.2) is 30.5 Å². The van der Waals surface area contributed by atoms with Gasteiger partial charge in [0.2, 0.25) is 0 Å². The zero-order valence-corrected chi connectivity index (χ0v) is 10.2. The van der Waals surface area contributed by atoms with Crippen LogP contribution in [-0.4, -0.2) is 9.38 Å². The number of pyridine rings is 1. The van der Waals surface area contributed by atoms with Gasteiger partial charge in [0.05, 0.1) is 17.4 Å². The minimum Gasteiger partial charge on any atom is -0.325 e. The molecule has 2 aromatic heterocycles. The number of fused-ring (bicyclic) bond motifs is 3. The van der Waals surface area contributed by atoms with Crippen LogP contribution < -0.4 is 5.73 Å². The number of aromatic nitrogens is 2. The Morgan fingerprint density at radius 1 is 1.35 bits per heavy atom. The molecular weight excluding hydrogens is 234 g/mol. The third-order valence-electron chi connectivity index (χ3n) is 3.04. The van der Waals surface area contributed by atoms with Crippen molar-refractivity contribution < 1.29 is 0 Å². The summed E-state index contributed by atoms with van der Waals surface area (Å²) in [6.07, 6.45) is 1.82. The van der Waals surface area contributed by atoms with Crippen LogP contribution in [0.3, 0.4) is 0 Å². The number of rotatable bonds is 1. The largest absolute Gasteiger partial charge is 0.325 e. The average Bonchev–Trinajstić information content (AvgIpc) is 2.72. The van der Waals surface area contributed by atoms with E-state index in [1.165, 1.54) is 5.56 Å². The van der Waals surface area contributed by atoms with E-state index in [2.05, 4.69) is 22.4 Å². The SMILES string of the molecule is Cc1cc2ncc(CN)n2c2ccc(Cl)cc12. The predicted molar refractivity (Wildman–Crippen MR) is 70.3 cm³/mol. The molecule has 3 nitrogen and oxygen atoms in total. The Balaban J connectivity index is 2.56. The Kier molecular flexibility index (Phi) is 2.31. The fourth-order valence-electron chi connectivity index (χ4n) is 2.22. The highest BCUT2D eigenvalue weighted by Crippen LogP contribution is 2.25. The van der Waals surface area contributed by atoms with E-state index >= 15 is 0 Å². The molecule has 0 unspecified atom stereocenters. The van der Waals surface area contributed by atoms with Crippen molar-refractivity contribution in [2.45, 2.75) is 13.5 Å². The number of hydrogen-bond acceptors (Lipinski definition) is 2. The van der Waals surface area contributed by atoms with E-state index in [1.54, 1.807) is 0 Å². The summed E-state index contributed by atoms with van der Waals surface area (Å²) in [5.74, 6) is 0. The summed E-state index contributed by atoms with van der Waals surface area (Å²) in [7, 11) is 0. The quantitative estimate of drug-likeness (QED) is 0.716. The molecule has 0 aliphatic heterocycles. The fraction of sp³-hybridized carbons (Fsp3) is 0.154. The number of imidazole rings is 1. The molecule has 0 aliphatic carbocycles. The molecule has 0 saturated heterocycles. The van der Waals surface area contributed by atoms with Crippen LogP contribution in [0.4, 0.5) is 0 Å². The van der Waals surface area contributed by atoms with Gasteiger partial charge in [-0.05, 0) is 36.8 Å². The van der Waals surface area contributed by atoms with Gasteiger partial charge in [-0.1, -0.05) is 11.6 Å². The number of benzene rings is 1. The lowest BCUT2D eigenvalue weighted by Crippen LogP contribution is -2.02. The second kappa shape index (κ2) is 3.72. The van der Waals surface area contributed by atoms with Crippen LogP contribution in [0.2, 0.25) is 5.02 Å². The van der Waals surface area contributed by atoms with Crippen molar-refractivity contribution in [2.75, 3.05) is 0 Å². The van der Waals surface area contributed by atoms with Gasteiger partial charge in [-0.25, -0.2) is 4.98 Å². The Labute approximate surface area is 104 Å². The number of halogens is 1. The fourth-order valence-corrected chi connectivity index (χ4v) is 2.39. The molecule has 2 N–H and O–H groups in total. The van der Waals surface area contributed by atoms with E-state index < -0.39 is 0 Å². The first-order chi connectivity index (χ1) is 8.20. The van der Waals surface area contributed by atoms with Gasteiger partial charge < -0.3 is 5.73 Å². The van der Waals surface area contributed by atoms with E-state index in [9.17, 15) is 0 Å². The highest BCUT2D eigenvalue weighted by atomic mass is 35.5. The van der Waals surface area contributed by atoms with Gasteiger partial charge in [0.1, 0.15) is 5.65 Å². The summed E-state index contributed by atoms with van der Waals surface area (Å²) >= 11 is 6.04. The first kappa shape index (κ1) is 10.6. The molecule has 0 spiro atoms. The van der Waals surface area contributed by atoms with Gasteiger partial charge in [-0.3, -0.25) is 4.40 Å². The van der Waals surface area contributed by atoms with Crippen LogP contribution in [0.1, 0.15) is 11.3 Å². The topological polar surface area (TPSA) is 43.3 Å². The van der Waals surface area contributed by atoms with Crippen LogP contribution in [-0.2, 0) is 6.54 Å². The minimum absolute atomic E-state index is 0.474. The molecule has 3 aromatic rings. The summed E-state index contributed by atoms with van der Waals surface area (Å²) in [6.45, 7) is 2.54. The first-order valence-corrected chi connectivity index (χ1v) is 5.84. The molecule has 3 rings (SSSR count). The zero-order chi connectivity index (χ0) is 12.0. The van der Waals surface area contributed by atoms with Crippen molar-refractivity contribution >= 4 is 28.2 Å². The zero-order valence-electron chi connectivity index (χ0n) is 9.44. The summed E-state index contributed by atoms with van der Waals surface area (Å²) in [6, 6.07) is 7.94. The Bertz CT molecular complexity index is 715. The second-order valence-electron chi connectivity index (χ2n) is 4.14. The highest BCUT2D eigenvalue weighted by Gasteiger charge is 2.08. The third-order valence-corrected chi connectivity index (χ3v) is 3.28. The average molecular weight is 246 g/mol. The van der Waals surface area contributed by atoms with Crippen LogP contribution in [0.5, 0.6) is 0 Å². The van der Waals surface area contributed by atoms with Crippen LogP contribution in [0, 0.1) is 6.92 Å². The Hall–Kier alpha value is -1.58. The molecule has 2 heterocycles. The minimum atomic E-state index is 0.474. The molecule has 4 heteroatoms. The van der Waals surface area contributed by atoms with Gasteiger partial charge in [-0.2, -0.15) is 0 Å². The third kappa shape index (κ3) is 1.51. The Morgan fingerprint density at radius 2 is 2.18 bits per heavy atom. The maximum absolute atomic E-state index is 6.04. The molecule has 0 fully saturated rings. The summed E-state index contributed by atoms with van der Waals surface area (Å²) < 4.78 is 2.08. The molecule has 86 valence electrons. The van der Waals surface area contributed by atoms with Crippen molar-refractivity contribution in [2.24, 2.45) is 5.73 Å². The standard InChI is InChI=1S/C13H12ClN3/c1-8-4-13-16-7-10(6-15)17(13)12-3-2-9(14)5-11(8)12/h2-5,7H,6,15H2,1H3. The maximum Gasteiger partial charge on any atom is 0.137 e. The second-order valence-corrected chi connectivity index (χ2v) is 4.57. The summed E-state index contributed by atoms with van der Waals surface area (Å²) in [4.78, 5) is 4.37. The van der Waals surface area contributed by atoms with E-state index in [0.29, 0.717) is 6.54 Å². The van der Waals surface area contributed by atoms with E-state index in [1.807, 2.05) is 24.4 Å². The van der Waals surface area contributed by atoms with Crippen LogP contribution in [0.25, 0.3) is 16.6 Å². The Morgan fingerprint density at radius 3 is 2.94 bits per heavy atom. The van der Waals surface area contributed by atoms with E-state index in [0.717, 1.165) is 27.3 Å². The highest BCUT2D eigenvalue weighted by molar-refractivity contribution is 6.31. The molecule has 0 aliphatic rings. The van der Waals surface area contributed by atoms with Crippen molar-refractivity contribution in [1.29, 1.82) is 0 Å². The lowest BCUT2D eigenvalue weighted by Gasteiger charge is -2.08. The van der Waals surface area contributed by atoms with Crippen molar-refractivity contribution in [1.82, 2.24) is 9.38 Å². The first-order valence-electron chi connectivity index (χ1n) is 5.46. The molecule has 0 radical (unpaired) electrons. The van der Waals surface area contributed by atoms with E-state index in [-0.39, 0.29) is 0 Å². The van der Waals surface area contributed by atoms with Gasteiger partial charge >= 0.3 is 0 Å². The molecule has 0 bridgehead atoms. The number of aryl methyl sites for hydroxylation is 1. The van der Waals surface area contributed by atoms with Crippen molar-refractivity contribution in [3.05, 3.63) is 46.7 Å². The van der Waals surface area contributed by atoms with Crippen molar-refractivity contribution in [3.63, 3.8) is 0 Å². The molecular formula is C13H12ClN3. The van der Waals surface area contributed by atoms with Gasteiger partial charge in [0.25, 0.3) is 0 Å². The molecule has 0 atom stereocenters. The number of hydrogen-bond donors (Lipinski definition) is 1. The summed E-state index contributed by atoms with van der Waals surface area (Å²) in [5.41, 5.74) is 9.94. The van der Waals surface area contributed by atoms with Crippen molar-refractivity contribution in [3.8, 4) is 0 Å². The smallest absolute Gasteiger partial charge is 0.137 e. The lowest BCUT2D eigenvalue weighted by atomic mass is 10.1. The number of nitrogens with two attached hydrogens (primary N) is 1. The lowest BCUT2D eigenvalue weighted by molar-refractivity contribution is 0.979.